The van der Waals surface area contributed by atoms with Crippen molar-refractivity contribution in [3.8, 4) is 0 Å². The summed E-state index contributed by atoms with van der Waals surface area (Å²) < 4.78 is 14.0. The van der Waals surface area contributed by atoms with Crippen molar-refractivity contribution < 1.29 is 4.39 Å². The number of hydrogen-bond acceptors (Lipinski definition) is 2. The third-order valence-corrected chi connectivity index (χ3v) is 4.29. The third kappa shape index (κ3) is 3.76. The fraction of sp³-hybridized carbons (Fsp3) is 0.500. The van der Waals surface area contributed by atoms with Crippen LogP contribution in [0.2, 0.25) is 0 Å². The summed E-state index contributed by atoms with van der Waals surface area (Å²) in [5, 5.41) is 0. The largest absolute Gasteiger partial charge is 0.308 e. The van der Waals surface area contributed by atoms with Crippen LogP contribution in [0.1, 0.15) is 44.1 Å². The van der Waals surface area contributed by atoms with Crippen molar-refractivity contribution in [1.82, 2.24) is 5.43 Å². The highest BCUT2D eigenvalue weighted by molar-refractivity contribution is 9.10. The van der Waals surface area contributed by atoms with Gasteiger partial charge < -0.3 is 5.43 Å². The second-order valence-electron chi connectivity index (χ2n) is 4.87. The molecule has 3 nitrogen and oxygen atoms in total. The van der Waals surface area contributed by atoms with E-state index in [-0.39, 0.29) is 11.9 Å². The molecule has 0 amide bonds. The molecule has 5 heteroatoms. The maximum atomic E-state index is 13.5. The molecule has 1 aliphatic carbocycles. The molecule has 0 aromatic heterocycles. The van der Waals surface area contributed by atoms with E-state index in [0.717, 1.165) is 12.8 Å². The Kier molecular flexibility index (Phi) is 5.34. The maximum absolute atomic E-state index is 13.5. The first-order chi connectivity index (χ1) is 9.22. The van der Waals surface area contributed by atoms with E-state index in [4.69, 9.17) is 5.84 Å². The normalized spacial score (nSPS) is 18.2. The van der Waals surface area contributed by atoms with Crippen LogP contribution in [0, 0.1) is 5.82 Å². The molecule has 2 rings (SSSR count). The summed E-state index contributed by atoms with van der Waals surface area (Å²) in [6, 6.07) is 5.16. The van der Waals surface area contributed by atoms with Crippen molar-refractivity contribution in [3.63, 3.8) is 0 Å². The van der Waals surface area contributed by atoms with Crippen molar-refractivity contribution in [3.05, 3.63) is 34.1 Å². The zero-order valence-electron chi connectivity index (χ0n) is 10.8. The lowest BCUT2D eigenvalue weighted by Crippen LogP contribution is -2.33. The number of amidine groups is 1. The molecule has 1 aromatic rings. The highest BCUT2D eigenvalue weighted by Crippen LogP contribution is 2.23. The van der Waals surface area contributed by atoms with Gasteiger partial charge in [-0.3, -0.25) is 4.99 Å². The highest BCUT2D eigenvalue weighted by Gasteiger charge is 2.15. The Bertz CT molecular complexity index is 454. The Morgan fingerprint density at radius 1 is 1.26 bits per heavy atom. The van der Waals surface area contributed by atoms with E-state index < -0.39 is 0 Å². The van der Waals surface area contributed by atoms with Gasteiger partial charge in [-0.1, -0.05) is 31.7 Å². The van der Waals surface area contributed by atoms with Gasteiger partial charge in [0.25, 0.3) is 0 Å². The Hall–Kier alpha value is -0.940. The van der Waals surface area contributed by atoms with Crippen molar-refractivity contribution in [1.29, 1.82) is 0 Å². The zero-order valence-corrected chi connectivity index (χ0v) is 12.4. The molecule has 0 saturated heterocycles. The van der Waals surface area contributed by atoms with Gasteiger partial charge in [0.05, 0.1) is 10.5 Å². The number of nitrogens with one attached hydrogen (secondary N) is 1. The molecule has 0 bridgehead atoms. The van der Waals surface area contributed by atoms with Gasteiger partial charge in [-0.2, -0.15) is 0 Å². The molecule has 3 N–H and O–H groups in total. The van der Waals surface area contributed by atoms with Crippen LogP contribution in [0.4, 0.5) is 4.39 Å². The number of nitrogens with two attached hydrogens (primary N) is 1. The molecule has 0 radical (unpaired) electrons. The van der Waals surface area contributed by atoms with E-state index >= 15 is 0 Å². The minimum atomic E-state index is -0.304. The fourth-order valence-corrected chi connectivity index (χ4v) is 2.89. The van der Waals surface area contributed by atoms with Crippen LogP contribution in [0.25, 0.3) is 0 Å². The second kappa shape index (κ2) is 7.01. The predicted molar refractivity (Wildman–Crippen MR) is 79.5 cm³/mol. The number of aliphatic imine (C=N–C) groups is 1. The van der Waals surface area contributed by atoms with Gasteiger partial charge in [-0.15, -0.1) is 0 Å². The van der Waals surface area contributed by atoms with E-state index in [2.05, 4.69) is 26.3 Å². The van der Waals surface area contributed by atoms with E-state index in [0.29, 0.717) is 15.9 Å². The van der Waals surface area contributed by atoms with Gasteiger partial charge in [0.15, 0.2) is 0 Å². The van der Waals surface area contributed by atoms with Gasteiger partial charge in [-0.05, 0) is 40.9 Å². The van der Waals surface area contributed by atoms with Crippen LogP contribution in [0.3, 0.4) is 0 Å². The molecule has 0 aliphatic heterocycles. The van der Waals surface area contributed by atoms with Gasteiger partial charge in [-0.25, -0.2) is 10.2 Å². The van der Waals surface area contributed by atoms with E-state index in [1.807, 2.05) is 6.07 Å². The summed E-state index contributed by atoms with van der Waals surface area (Å²) in [7, 11) is 0. The zero-order chi connectivity index (χ0) is 13.7. The Labute approximate surface area is 121 Å². The fourth-order valence-electron chi connectivity index (χ4n) is 2.44. The number of benzene rings is 1. The average molecular weight is 328 g/mol. The van der Waals surface area contributed by atoms with E-state index in [1.165, 1.54) is 31.7 Å². The summed E-state index contributed by atoms with van der Waals surface area (Å²) in [5.41, 5.74) is 3.28. The lowest BCUT2D eigenvalue weighted by molar-refractivity contribution is 0.583. The minimum Gasteiger partial charge on any atom is -0.308 e. The topological polar surface area (TPSA) is 50.4 Å². The van der Waals surface area contributed by atoms with Crippen LogP contribution >= 0.6 is 15.9 Å². The van der Waals surface area contributed by atoms with Crippen molar-refractivity contribution in [2.24, 2.45) is 10.8 Å². The van der Waals surface area contributed by atoms with Gasteiger partial charge >= 0.3 is 0 Å². The van der Waals surface area contributed by atoms with Gasteiger partial charge in [0, 0.05) is 5.56 Å². The first-order valence-corrected chi connectivity index (χ1v) is 7.50. The predicted octanol–water partition coefficient (Wildman–Crippen LogP) is 3.52. The molecular weight excluding hydrogens is 309 g/mol. The molecule has 0 unspecified atom stereocenters. The Balaban J connectivity index is 2.25. The Morgan fingerprint density at radius 3 is 2.58 bits per heavy atom. The summed E-state index contributed by atoms with van der Waals surface area (Å²) in [6.07, 6.45) is 7.13. The summed E-state index contributed by atoms with van der Waals surface area (Å²) >= 11 is 3.25. The van der Waals surface area contributed by atoms with Crippen LogP contribution < -0.4 is 11.3 Å². The molecule has 0 spiro atoms. The van der Waals surface area contributed by atoms with Crippen molar-refractivity contribution in [2.45, 2.75) is 44.6 Å². The van der Waals surface area contributed by atoms with E-state index in [9.17, 15) is 4.39 Å². The molecule has 1 saturated carbocycles. The number of nitrogens with zero attached hydrogens (tertiary/aromatic N) is 1. The summed E-state index contributed by atoms with van der Waals surface area (Å²) in [4.78, 5) is 4.67. The first kappa shape index (κ1) is 14.5. The SMILES string of the molecule is NNC(=NC1CCCCCC1)c1cccc(F)c1Br. The standard InChI is InChI=1S/C14H19BrFN3/c15-13-11(8-5-9-12(13)16)14(19-17)18-10-6-3-1-2-4-7-10/h5,8-10H,1-4,6-7,17H2,(H,18,19). The van der Waals surface area contributed by atoms with Crippen molar-refractivity contribution >= 4 is 21.8 Å². The molecule has 19 heavy (non-hydrogen) atoms. The monoisotopic (exact) mass is 327 g/mol. The molecule has 1 aliphatic rings. The highest BCUT2D eigenvalue weighted by atomic mass is 79.9. The summed E-state index contributed by atoms with van der Waals surface area (Å²) in [6.45, 7) is 0. The summed E-state index contributed by atoms with van der Waals surface area (Å²) in [5.74, 6) is 5.81. The van der Waals surface area contributed by atoms with Crippen LogP contribution in [-0.2, 0) is 0 Å². The van der Waals surface area contributed by atoms with Crippen molar-refractivity contribution in [2.75, 3.05) is 0 Å². The molecule has 1 fully saturated rings. The van der Waals surface area contributed by atoms with Crippen LogP contribution in [-0.4, -0.2) is 11.9 Å². The lowest BCUT2D eigenvalue weighted by Gasteiger charge is -2.14. The maximum Gasteiger partial charge on any atom is 0.144 e. The van der Waals surface area contributed by atoms with Gasteiger partial charge in [0.1, 0.15) is 11.7 Å². The Morgan fingerprint density at radius 2 is 1.95 bits per heavy atom. The molecule has 1 aromatic carbocycles. The minimum absolute atomic E-state index is 0.281. The number of hydrazine groups is 1. The van der Waals surface area contributed by atoms with E-state index in [1.54, 1.807) is 6.07 Å². The molecule has 0 heterocycles. The lowest BCUT2D eigenvalue weighted by atomic mass is 10.1. The van der Waals surface area contributed by atoms with Crippen LogP contribution in [0.5, 0.6) is 0 Å². The second-order valence-corrected chi connectivity index (χ2v) is 5.66. The molecule has 0 atom stereocenters. The third-order valence-electron chi connectivity index (χ3n) is 3.48. The number of halogens is 2. The number of hydrogen-bond donors (Lipinski definition) is 2. The molecular formula is C14H19BrFN3. The number of rotatable bonds is 2. The van der Waals surface area contributed by atoms with Crippen LogP contribution in [0.15, 0.2) is 27.7 Å². The smallest absolute Gasteiger partial charge is 0.144 e. The quantitative estimate of drug-likeness (QED) is 0.287. The van der Waals surface area contributed by atoms with Gasteiger partial charge in [0.2, 0.25) is 0 Å². The average Bonchev–Trinajstić information content (AvgIpc) is 2.68. The first-order valence-electron chi connectivity index (χ1n) is 6.71. The molecule has 104 valence electrons.